The quantitative estimate of drug-likeness (QED) is 0.499. The predicted octanol–water partition coefficient (Wildman–Crippen LogP) is 3.56. The van der Waals surface area contributed by atoms with Crippen LogP contribution in [0.2, 0.25) is 0 Å². The van der Waals surface area contributed by atoms with Gasteiger partial charge in [-0.25, -0.2) is 9.78 Å². The van der Waals surface area contributed by atoms with Gasteiger partial charge in [-0.3, -0.25) is 4.79 Å². The van der Waals surface area contributed by atoms with Crippen LogP contribution in [0.3, 0.4) is 0 Å². The first-order valence-electron chi connectivity index (χ1n) is 11.9. The summed E-state index contributed by atoms with van der Waals surface area (Å²) in [7, 11) is 0. The second-order valence-electron chi connectivity index (χ2n) is 9.73. The van der Waals surface area contributed by atoms with Crippen molar-refractivity contribution in [2.24, 2.45) is 0 Å². The zero-order valence-corrected chi connectivity index (χ0v) is 20.5. The molecule has 1 aliphatic heterocycles. The molecule has 2 amide bonds. The molecule has 9 heteroatoms. The minimum atomic E-state index is -0.484. The lowest BCUT2D eigenvalue weighted by molar-refractivity contribution is 0.0210. The van der Waals surface area contributed by atoms with Gasteiger partial charge in [0.2, 0.25) is 0 Å². The lowest BCUT2D eigenvalue weighted by atomic mass is 10.1. The largest absolute Gasteiger partial charge is 0.444 e. The molecule has 9 nitrogen and oxygen atoms in total. The maximum absolute atomic E-state index is 12.3. The Morgan fingerprint density at radius 2 is 1.91 bits per heavy atom. The highest BCUT2D eigenvalue weighted by Gasteiger charge is 2.26. The van der Waals surface area contributed by atoms with Crippen molar-refractivity contribution in [1.82, 2.24) is 19.8 Å². The van der Waals surface area contributed by atoms with Crippen LogP contribution in [0.25, 0.3) is 16.7 Å². The Morgan fingerprint density at radius 1 is 1.14 bits per heavy atom. The number of benzene rings is 1. The number of likely N-dealkylation sites (tertiary alicyclic amines) is 1. The maximum Gasteiger partial charge on any atom is 0.410 e. The Bertz CT molecular complexity index is 1170. The van der Waals surface area contributed by atoms with Crippen LogP contribution in [0.4, 0.5) is 10.5 Å². The molecule has 0 atom stereocenters. The Kier molecular flexibility index (Phi) is 7.25. The number of aromatic nitrogens is 2. The van der Waals surface area contributed by atoms with Crippen LogP contribution in [0, 0.1) is 0 Å². The van der Waals surface area contributed by atoms with Gasteiger partial charge < -0.3 is 29.9 Å². The topological polar surface area (TPSA) is 109 Å². The number of nitrogens with one attached hydrogen (secondary N) is 2. The third-order valence-electron chi connectivity index (χ3n) is 5.86. The average Bonchev–Trinajstić information content (AvgIpc) is 3.25. The van der Waals surface area contributed by atoms with E-state index in [1.807, 2.05) is 68.1 Å². The number of carbonyl (C=O) groups is 2. The van der Waals surface area contributed by atoms with Crippen LogP contribution in [-0.4, -0.2) is 69.4 Å². The van der Waals surface area contributed by atoms with E-state index >= 15 is 0 Å². The van der Waals surface area contributed by atoms with Gasteiger partial charge in [0.25, 0.3) is 5.91 Å². The molecule has 0 radical (unpaired) electrons. The van der Waals surface area contributed by atoms with E-state index in [1.165, 1.54) is 0 Å². The van der Waals surface area contributed by atoms with Gasteiger partial charge in [-0.1, -0.05) is 0 Å². The highest BCUT2D eigenvalue weighted by Crippen LogP contribution is 2.23. The second-order valence-corrected chi connectivity index (χ2v) is 9.73. The monoisotopic (exact) mass is 479 g/mol. The number of fused-ring (bicyclic) bond motifs is 1. The minimum Gasteiger partial charge on any atom is -0.444 e. The Hall–Kier alpha value is -3.59. The lowest BCUT2D eigenvalue weighted by Gasteiger charge is -2.34. The molecule has 2 aromatic heterocycles. The number of rotatable bonds is 6. The van der Waals surface area contributed by atoms with E-state index in [9.17, 15) is 9.59 Å². The number of anilines is 1. The number of aliphatic hydroxyl groups excluding tert-OH is 1. The maximum atomic E-state index is 12.3. The van der Waals surface area contributed by atoms with E-state index in [-0.39, 0.29) is 31.2 Å². The van der Waals surface area contributed by atoms with Crippen LogP contribution >= 0.6 is 0 Å². The molecule has 3 N–H and O–H groups in total. The van der Waals surface area contributed by atoms with Gasteiger partial charge in [0.05, 0.1) is 24.0 Å². The third kappa shape index (κ3) is 6.10. The van der Waals surface area contributed by atoms with E-state index < -0.39 is 5.60 Å². The Morgan fingerprint density at radius 3 is 2.57 bits per heavy atom. The van der Waals surface area contributed by atoms with E-state index in [4.69, 9.17) is 9.84 Å². The molecule has 0 aliphatic carbocycles. The smallest absolute Gasteiger partial charge is 0.410 e. The number of ether oxygens (including phenoxy) is 1. The third-order valence-corrected chi connectivity index (χ3v) is 5.86. The molecule has 0 spiro atoms. The van der Waals surface area contributed by atoms with Crippen molar-refractivity contribution in [2.45, 2.75) is 45.3 Å². The predicted molar refractivity (Wildman–Crippen MR) is 135 cm³/mol. The number of nitrogens with zero attached hydrogens (tertiary/aromatic N) is 3. The lowest BCUT2D eigenvalue weighted by Crippen LogP contribution is -2.44. The number of hydrogen-bond donors (Lipinski definition) is 3. The SMILES string of the molecule is CC(C)(C)OC(=O)N1CCC(Nc2ccc(-n3ccc4cc(C(=O)NCCO)ccc43)nc2)CC1. The molecule has 1 fully saturated rings. The van der Waals surface area contributed by atoms with Crippen LogP contribution in [-0.2, 0) is 4.74 Å². The first-order valence-corrected chi connectivity index (χ1v) is 11.9. The van der Waals surface area contributed by atoms with Crippen molar-refractivity contribution in [3.05, 3.63) is 54.4 Å². The summed E-state index contributed by atoms with van der Waals surface area (Å²) in [5, 5.41) is 16.0. The molecular weight excluding hydrogens is 446 g/mol. The van der Waals surface area contributed by atoms with Crippen molar-refractivity contribution in [2.75, 3.05) is 31.6 Å². The summed E-state index contributed by atoms with van der Waals surface area (Å²) in [5.41, 5.74) is 1.95. The van der Waals surface area contributed by atoms with E-state index in [1.54, 1.807) is 11.0 Å². The molecule has 0 saturated carbocycles. The first kappa shape index (κ1) is 24.5. The molecule has 3 aromatic rings. The number of hydrogen-bond acceptors (Lipinski definition) is 6. The molecule has 1 aliphatic rings. The van der Waals surface area contributed by atoms with Crippen LogP contribution < -0.4 is 10.6 Å². The fourth-order valence-corrected chi connectivity index (χ4v) is 4.14. The summed E-state index contributed by atoms with van der Waals surface area (Å²) < 4.78 is 7.45. The minimum absolute atomic E-state index is 0.0911. The molecule has 186 valence electrons. The summed E-state index contributed by atoms with van der Waals surface area (Å²) in [4.78, 5) is 30.8. The van der Waals surface area contributed by atoms with Crippen LogP contribution in [0.1, 0.15) is 44.0 Å². The summed E-state index contributed by atoms with van der Waals surface area (Å²) in [5.74, 6) is 0.571. The normalized spacial score (nSPS) is 14.7. The summed E-state index contributed by atoms with van der Waals surface area (Å²) in [6.45, 7) is 7.09. The van der Waals surface area contributed by atoms with Gasteiger partial charge in [-0.15, -0.1) is 0 Å². The van der Waals surface area contributed by atoms with Gasteiger partial charge in [-0.2, -0.15) is 0 Å². The molecule has 3 heterocycles. The molecule has 35 heavy (non-hydrogen) atoms. The van der Waals surface area contributed by atoms with E-state index in [0.717, 1.165) is 35.2 Å². The molecule has 0 unspecified atom stereocenters. The number of amides is 2. The van der Waals surface area contributed by atoms with Crippen molar-refractivity contribution in [1.29, 1.82) is 0 Å². The van der Waals surface area contributed by atoms with E-state index in [0.29, 0.717) is 18.7 Å². The number of carbonyl (C=O) groups excluding carboxylic acids is 2. The number of piperidine rings is 1. The fourth-order valence-electron chi connectivity index (χ4n) is 4.14. The average molecular weight is 480 g/mol. The Balaban J connectivity index is 1.36. The van der Waals surface area contributed by atoms with Crippen molar-refractivity contribution in [3.63, 3.8) is 0 Å². The van der Waals surface area contributed by atoms with Gasteiger partial charge in [0.15, 0.2) is 0 Å². The van der Waals surface area contributed by atoms with Gasteiger partial charge in [0, 0.05) is 42.8 Å². The summed E-state index contributed by atoms with van der Waals surface area (Å²) in [6, 6.07) is 11.7. The Labute approximate surface area is 205 Å². The fraction of sp³-hybridized carbons (Fsp3) is 0.423. The highest BCUT2D eigenvalue weighted by atomic mass is 16.6. The molecular formula is C26H33N5O4. The summed E-state index contributed by atoms with van der Waals surface area (Å²) >= 11 is 0. The summed E-state index contributed by atoms with van der Waals surface area (Å²) in [6.07, 6.45) is 5.19. The van der Waals surface area contributed by atoms with Gasteiger partial charge >= 0.3 is 6.09 Å². The zero-order valence-electron chi connectivity index (χ0n) is 20.5. The van der Waals surface area contributed by atoms with Gasteiger partial charge in [-0.05, 0) is 70.0 Å². The number of aliphatic hydroxyl groups is 1. The zero-order chi connectivity index (χ0) is 25.0. The standard InChI is InChI=1S/C26H33N5O4/c1-26(2,3)35-25(34)30-12-9-20(10-13-30)29-21-5-7-23(28-17-21)31-14-8-18-16-19(4-6-22(18)31)24(33)27-11-15-32/h4-8,14,16-17,20,29,32H,9-13,15H2,1-3H3,(H,27,33). The molecule has 1 saturated heterocycles. The van der Waals surface area contributed by atoms with Crippen molar-refractivity contribution in [3.8, 4) is 5.82 Å². The molecule has 4 rings (SSSR count). The highest BCUT2D eigenvalue weighted by molar-refractivity contribution is 5.98. The van der Waals surface area contributed by atoms with Gasteiger partial charge in [0.1, 0.15) is 11.4 Å². The molecule has 0 bridgehead atoms. The molecule has 1 aromatic carbocycles. The van der Waals surface area contributed by atoms with Crippen molar-refractivity contribution < 1.29 is 19.4 Å². The second kappa shape index (κ2) is 10.4. The van der Waals surface area contributed by atoms with Crippen molar-refractivity contribution >= 4 is 28.6 Å². The van der Waals surface area contributed by atoms with Crippen LogP contribution in [0.5, 0.6) is 0 Å². The first-order chi connectivity index (χ1) is 16.7. The van der Waals surface area contributed by atoms with Crippen LogP contribution in [0.15, 0.2) is 48.8 Å². The number of pyridine rings is 1. The van der Waals surface area contributed by atoms with E-state index in [2.05, 4.69) is 15.6 Å².